The van der Waals surface area contributed by atoms with Crippen LogP contribution >= 0.6 is 0 Å². The Morgan fingerprint density at radius 1 is 0.778 bits per heavy atom. The highest BCUT2D eigenvalue weighted by Gasteiger charge is 2.00. The standard InChI is InChI=1S/C24H16FNO/c1-27-23-12-13-24(26-16-23)19-7-4-17(5-8-19)2-3-18-6-9-21-15-22(25)11-10-20(21)14-18/h4-16H,1H3. The van der Waals surface area contributed by atoms with Crippen molar-refractivity contribution in [3.63, 3.8) is 0 Å². The maximum Gasteiger partial charge on any atom is 0.137 e. The van der Waals surface area contributed by atoms with Crippen LogP contribution in [-0.4, -0.2) is 12.1 Å². The third kappa shape index (κ3) is 3.80. The number of methoxy groups -OCH3 is 1. The molecule has 0 spiro atoms. The van der Waals surface area contributed by atoms with Crippen LogP contribution in [0.15, 0.2) is 79.0 Å². The Kier molecular flexibility index (Phi) is 4.55. The number of halogens is 1. The number of hydrogen-bond donors (Lipinski definition) is 0. The summed E-state index contributed by atoms with van der Waals surface area (Å²) in [5, 5.41) is 1.85. The van der Waals surface area contributed by atoms with Crippen LogP contribution in [0.3, 0.4) is 0 Å². The molecule has 27 heavy (non-hydrogen) atoms. The van der Waals surface area contributed by atoms with Gasteiger partial charge in [0.05, 0.1) is 19.0 Å². The summed E-state index contributed by atoms with van der Waals surface area (Å²) >= 11 is 0. The van der Waals surface area contributed by atoms with E-state index in [9.17, 15) is 4.39 Å². The molecule has 0 aliphatic carbocycles. The first kappa shape index (κ1) is 16.8. The largest absolute Gasteiger partial charge is 0.495 e. The van der Waals surface area contributed by atoms with Crippen molar-refractivity contribution in [2.45, 2.75) is 0 Å². The minimum Gasteiger partial charge on any atom is -0.495 e. The summed E-state index contributed by atoms with van der Waals surface area (Å²) in [5.41, 5.74) is 3.73. The summed E-state index contributed by atoms with van der Waals surface area (Å²) in [7, 11) is 1.62. The van der Waals surface area contributed by atoms with Gasteiger partial charge in [-0.1, -0.05) is 36.1 Å². The van der Waals surface area contributed by atoms with Gasteiger partial charge in [0.15, 0.2) is 0 Å². The summed E-state index contributed by atoms with van der Waals surface area (Å²) < 4.78 is 18.4. The minimum atomic E-state index is -0.229. The fourth-order valence-electron chi connectivity index (χ4n) is 2.83. The van der Waals surface area contributed by atoms with E-state index in [2.05, 4.69) is 16.8 Å². The zero-order valence-electron chi connectivity index (χ0n) is 14.7. The third-order valence-electron chi connectivity index (χ3n) is 4.31. The second-order valence-electron chi connectivity index (χ2n) is 6.12. The van der Waals surface area contributed by atoms with E-state index in [0.717, 1.165) is 38.9 Å². The van der Waals surface area contributed by atoms with Crippen molar-refractivity contribution in [1.29, 1.82) is 0 Å². The lowest BCUT2D eigenvalue weighted by Crippen LogP contribution is -1.87. The van der Waals surface area contributed by atoms with Crippen LogP contribution in [0.2, 0.25) is 0 Å². The van der Waals surface area contributed by atoms with E-state index in [0.29, 0.717) is 0 Å². The number of rotatable bonds is 2. The van der Waals surface area contributed by atoms with E-state index in [1.165, 1.54) is 12.1 Å². The number of hydrogen-bond acceptors (Lipinski definition) is 2. The summed E-state index contributed by atoms with van der Waals surface area (Å²) in [6.45, 7) is 0. The second kappa shape index (κ2) is 7.31. The van der Waals surface area contributed by atoms with Crippen molar-refractivity contribution < 1.29 is 9.13 Å². The van der Waals surface area contributed by atoms with Crippen LogP contribution in [-0.2, 0) is 0 Å². The molecule has 3 heteroatoms. The first-order valence-corrected chi connectivity index (χ1v) is 8.53. The molecule has 0 saturated heterocycles. The molecule has 0 fully saturated rings. The number of ether oxygens (including phenoxy) is 1. The lowest BCUT2D eigenvalue weighted by molar-refractivity contribution is 0.413. The topological polar surface area (TPSA) is 22.1 Å². The molecule has 0 bridgehead atoms. The molecule has 1 heterocycles. The van der Waals surface area contributed by atoms with Crippen LogP contribution in [0.5, 0.6) is 5.75 Å². The molecule has 4 rings (SSSR count). The van der Waals surface area contributed by atoms with E-state index in [4.69, 9.17) is 4.74 Å². The average Bonchev–Trinajstić information content (AvgIpc) is 2.72. The van der Waals surface area contributed by atoms with Gasteiger partial charge in [-0.25, -0.2) is 4.39 Å². The molecule has 4 aromatic rings. The highest BCUT2D eigenvalue weighted by molar-refractivity contribution is 5.84. The molecule has 0 radical (unpaired) electrons. The normalized spacial score (nSPS) is 10.3. The number of aromatic nitrogens is 1. The monoisotopic (exact) mass is 353 g/mol. The third-order valence-corrected chi connectivity index (χ3v) is 4.31. The molecule has 0 unspecified atom stereocenters. The summed E-state index contributed by atoms with van der Waals surface area (Å²) in [4.78, 5) is 4.39. The molecule has 130 valence electrons. The first-order chi connectivity index (χ1) is 13.2. The van der Waals surface area contributed by atoms with Gasteiger partial charge in [-0.2, -0.15) is 0 Å². The predicted molar refractivity (Wildman–Crippen MR) is 106 cm³/mol. The first-order valence-electron chi connectivity index (χ1n) is 8.53. The second-order valence-corrected chi connectivity index (χ2v) is 6.12. The number of fused-ring (bicyclic) bond motifs is 1. The molecule has 3 aromatic carbocycles. The molecular weight excluding hydrogens is 337 g/mol. The van der Waals surface area contributed by atoms with Gasteiger partial charge >= 0.3 is 0 Å². The van der Waals surface area contributed by atoms with Gasteiger partial charge < -0.3 is 4.74 Å². The Morgan fingerprint density at radius 2 is 1.48 bits per heavy atom. The van der Waals surface area contributed by atoms with Gasteiger partial charge in [0, 0.05) is 16.7 Å². The van der Waals surface area contributed by atoms with Gasteiger partial charge in [0.1, 0.15) is 11.6 Å². The van der Waals surface area contributed by atoms with Gasteiger partial charge in [-0.3, -0.25) is 4.98 Å². The Balaban J connectivity index is 1.56. The van der Waals surface area contributed by atoms with E-state index < -0.39 is 0 Å². The Hall–Kier alpha value is -3.64. The van der Waals surface area contributed by atoms with Crippen molar-refractivity contribution in [2.75, 3.05) is 7.11 Å². The highest BCUT2D eigenvalue weighted by Crippen LogP contribution is 2.20. The lowest BCUT2D eigenvalue weighted by Gasteiger charge is -2.03. The van der Waals surface area contributed by atoms with Crippen LogP contribution < -0.4 is 4.74 Å². The predicted octanol–water partition coefficient (Wildman–Crippen LogP) is 5.45. The van der Waals surface area contributed by atoms with Crippen LogP contribution in [0.1, 0.15) is 11.1 Å². The van der Waals surface area contributed by atoms with Crippen LogP contribution in [0, 0.1) is 17.7 Å². The van der Waals surface area contributed by atoms with E-state index >= 15 is 0 Å². The molecule has 0 aliphatic rings. The zero-order chi connectivity index (χ0) is 18.6. The molecular formula is C24H16FNO. The molecule has 0 N–H and O–H groups in total. The number of pyridine rings is 1. The number of nitrogens with zero attached hydrogens (tertiary/aromatic N) is 1. The smallest absolute Gasteiger partial charge is 0.137 e. The lowest BCUT2D eigenvalue weighted by atomic mass is 10.1. The van der Waals surface area contributed by atoms with Crippen molar-refractivity contribution in [3.8, 4) is 28.8 Å². The molecule has 2 nitrogen and oxygen atoms in total. The van der Waals surface area contributed by atoms with Gasteiger partial charge in [-0.15, -0.1) is 0 Å². The van der Waals surface area contributed by atoms with Gasteiger partial charge in [-0.05, 0) is 59.3 Å². The van der Waals surface area contributed by atoms with Crippen molar-refractivity contribution in [3.05, 3.63) is 95.9 Å². The number of benzene rings is 3. The fourth-order valence-corrected chi connectivity index (χ4v) is 2.83. The van der Waals surface area contributed by atoms with Crippen molar-refractivity contribution >= 4 is 10.8 Å². The Bertz CT molecular complexity index is 1150. The molecule has 0 atom stereocenters. The summed E-state index contributed by atoms with van der Waals surface area (Å²) in [5.74, 6) is 6.84. The maximum absolute atomic E-state index is 13.3. The van der Waals surface area contributed by atoms with Crippen LogP contribution in [0.25, 0.3) is 22.0 Å². The van der Waals surface area contributed by atoms with Crippen molar-refractivity contribution in [1.82, 2.24) is 4.98 Å². The molecule has 0 saturated carbocycles. The average molecular weight is 353 g/mol. The van der Waals surface area contributed by atoms with Crippen LogP contribution in [0.4, 0.5) is 4.39 Å². The summed E-state index contributed by atoms with van der Waals surface area (Å²) in [6.07, 6.45) is 1.70. The van der Waals surface area contributed by atoms with E-state index in [1.54, 1.807) is 19.4 Å². The fraction of sp³-hybridized carbons (Fsp3) is 0.0417. The summed E-state index contributed by atoms with van der Waals surface area (Å²) in [6, 6.07) is 22.3. The quantitative estimate of drug-likeness (QED) is 0.447. The molecule has 0 aliphatic heterocycles. The van der Waals surface area contributed by atoms with E-state index in [1.807, 2.05) is 54.6 Å². The minimum absolute atomic E-state index is 0.229. The zero-order valence-corrected chi connectivity index (χ0v) is 14.7. The van der Waals surface area contributed by atoms with Crippen molar-refractivity contribution in [2.24, 2.45) is 0 Å². The molecule has 0 amide bonds. The SMILES string of the molecule is COc1ccc(-c2ccc(C#Cc3ccc4cc(F)ccc4c3)cc2)nc1. The molecule has 1 aromatic heterocycles. The van der Waals surface area contributed by atoms with E-state index in [-0.39, 0.29) is 5.82 Å². The Labute approximate surface area is 157 Å². The maximum atomic E-state index is 13.3. The Morgan fingerprint density at radius 3 is 2.22 bits per heavy atom. The van der Waals surface area contributed by atoms with Gasteiger partial charge in [0.2, 0.25) is 0 Å². The highest BCUT2D eigenvalue weighted by atomic mass is 19.1. The van der Waals surface area contributed by atoms with Gasteiger partial charge in [0.25, 0.3) is 0 Å².